The zero-order chi connectivity index (χ0) is 20.3. The van der Waals surface area contributed by atoms with Crippen LogP contribution in [0.15, 0.2) is 24.3 Å². The minimum atomic E-state index is -0.739. The first-order chi connectivity index (χ1) is 14.0. The average Bonchev–Trinajstić information content (AvgIpc) is 3.07. The van der Waals surface area contributed by atoms with E-state index in [1.807, 2.05) is 11.0 Å². The number of carbonyl (C=O) groups excluding carboxylic acids is 2. The highest BCUT2D eigenvalue weighted by Crippen LogP contribution is 2.47. The third-order valence-corrected chi connectivity index (χ3v) is 6.81. The lowest BCUT2D eigenvalue weighted by atomic mass is 10.1. The molecular weight excluding hydrogens is 368 g/mol. The summed E-state index contributed by atoms with van der Waals surface area (Å²) in [6, 6.07) is 10.2. The van der Waals surface area contributed by atoms with Crippen LogP contribution in [0.2, 0.25) is 0 Å². The molecule has 3 heterocycles. The summed E-state index contributed by atoms with van der Waals surface area (Å²) >= 11 is 0. The average molecular weight is 390 g/mol. The van der Waals surface area contributed by atoms with Crippen LogP contribution in [0.25, 0.3) is 0 Å². The molecule has 0 radical (unpaired) electrons. The first-order valence-electron chi connectivity index (χ1n) is 10.1. The number of carbonyl (C=O) groups is 2. The highest BCUT2D eigenvalue weighted by atomic mass is 16.2. The molecule has 1 aromatic rings. The van der Waals surface area contributed by atoms with Crippen LogP contribution in [0.4, 0.5) is 5.69 Å². The second-order valence-corrected chi connectivity index (χ2v) is 8.49. The Hall–Kier alpha value is -2.94. The van der Waals surface area contributed by atoms with Crippen LogP contribution in [0.5, 0.6) is 0 Å². The standard InChI is InChI=1S/C21H22N6O2/c22-8-12-3-1-2-4-17(12)27-15-7-19(21(27)29)25(10-15)11-16(24)20(28)26-14(9-23)5-13-6-18(13)26/h1-4,13-16,18-19H,5-7,10-11,24H2/t13?,14-,15-,16-,18-,19-/m0/s1. The Labute approximate surface area is 169 Å². The molecule has 6 atom stereocenters. The van der Waals surface area contributed by atoms with Gasteiger partial charge >= 0.3 is 0 Å². The van der Waals surface area contributed by atoms with Gasteiger partial charge in [-0.15, -0.1) is 0 Å². The van der Waals surface area contributed by atoms with Crippen molar-refractivity contribution in [2.24, 2.45) is 11.7 Å². The third kappa shape index (κ3) is 2.71. The predicted octanol–water partition coefficient (Wildman–Crippen LogP) is 0.188. The summed E-state index contributed by atoms with van der Waals surface area (Å²) in [7, 11) is 0. The Balaban J connectivity index is 1.27. The summed E-state index contributed by atoms with van der Waals surface area (Å²) in [5.74, 6) is 0.235. The molecule has 4 aliphatic rings. The molecule has 29 heavy (non-hydrogen) atoms. The number of anilines is 1. The number of benzene rings is 1. The van der Waals surface area contributed by atoms with E-state index < -0.39 is 6.04 Å². The van der Waals surface area contributed by atoms with Gasteiger partial charge in [-0.2, -0.15) is 10.5 Å². The molecule has 5 rings (SSSR count). The fraction of sp³-hybridized carbons (Fsp3) is 0.524. The number of nitriles is 2. The number of para-hydroxylation sites is 1. The molecular formula is C21H22N6O2. The topological polar surface area (TPSA) is 117 Å². The molecule has 148 valence electrons. The Morgan fingerprint density at radius 3 is 2.76 bits per heavy atom. The lowest BCUT2D eigenvalue weighted by Gasteiger charge is -2.36. The van der Waals surface area contributed by atoms with Crippen LogP contribution >= 0.6 is 0 Å². The number of fused-ring (bicyclic) bond motifs is 3. The molecule has 3 saturated heterocycles. The fourth-order valence-electron chi connectivity index (χ4n) is 5.37. The minimum Gasteiger partial charge on any atom is -0.322 e. The zero-order valence-electron chi connectivity index (χ0n) is 15.9. The first kappa shape index (κ1) is 18.1. The maximum atomic E-state index is 13.0. The number of piperidine rings is 1. The van der Waals surface area contributed by atoms with Crippen molar-refractivity contribution in [3.8, 4) is 12.1 Å². The van der Waals surface area contributed by atoms with E-state index in [0.29, 0.717) is 36.7 Å². The van der Waals surface area contributed by atoms with Crippen molar-refractivity contribution in [2.45, 2.75) is 49.5 Å². The van der Waals surface area contributed by atoms with E-state index in [4.69, 9.17) is 5.73 Å². The fourth-order valence-corrected chi connectivity index (χ4v) is 5.37. The van der Waals surface area contributed by atoms with Gasteiger partial charge in [0, 0.05) is 19.1 Å². The van der Waals surface area contributed by atoms with Crippen molar-refractivity contribution >= 4 is 17.5 Å². The first-order valence-corrected chi connectivity index (χ1v) is 10.1. The molecule has 1 saturated carbocycles. The van der Waals surface area contributed by atoms with Gasteiger partial charge in [-0.1, -0.05) is 12.1 Å². The van der Waals surface area contributed by atoms with E-state index in [0.717, 1.165) is 12.8 Å². The molecule has 0 aromatic heterocycles. The number of rotatable bonds is 4. The van der Waals surface area contributed by atoms with Crippen molar-refractivity contribution in [3.63, 3.8) is 0 Å². The smallest absolute Gasteiger partial charge is 0.244 e. The number of hydrogen-bond acceptors (Lipinski definition) is 6. The van der Waals surface area contributed by atoms with E-state index in [-0.39, 0.29) is 36.0 Å². The lowest BCUT2D eigenvalue weighted by molar-refractivity contribution is -0.135. The minimum absolute atomic E-state index is 0.0178. The maximum absolute atomic E-state index is 13.0. The van der Waals surface area contributed by atoms with Gasteiger partial charge in [0.05, 0.1) is 35.4 Å². The molecule has 2 N–H and O–H groups in total. The van der Waals surface area contributed by atoms with Crippen LogP contribution < -0.4 is 10.6 Å². The summed E-state index contributed by atoms with van der Waals surface area (Å²) < 4.78 is 0. The van der Waals surface area contributed by atoms with Gasteiger partial charge in [0.25, 0.3) is 0 Å². The van der Waals surface area contributed by atoms with Gasteiger partial charge in [-0.25, -0.2) is 0 Å². The molecule has 2 bridgehead atoms. The summed E-state index contributed by atoms with van der Waals surface area (Å²) in [6.07, 6.45) is 2.39. The van der Waals surface area contributed by atoms with Crippen LogP contribution in [-0.4, -0.2) is 64.9 Å². The molecule has 0 spiro atoms. The van der Waals surface area contributed by atoms with Crippen molar-refractivity contribution in [3.05, 3.63) is 29.8 Å². The van der Waals surface area contributed by atoms with Crippen LogP contribution in [0.1, 0.15) is 24.8 Å². The van der Waals surface area contributed by atoms with Crippen LogP contribution in [-0.2, 0) is 9.59 Å². The Bertz CT molecular complexity index is 965. The second kappa shape index (κ2) is 6.55. The van der Waals surface area contributed by atoms with Gasteiger partial charge in [0.1, 0.15) is 12.1 Å². The van der Waals surface area contributed by atoms with Gasteiger partial charge in [-0.05, 0) is 37.3 Å². The molecule has 8 nitrogen and oxygen atoms in total. The molecule has 1 unspecified atom stereocenters. The highest BCUT2D eigenvalue weighted by Gasteiger charge is 2.55. The molecule has 2 amide bonds. The zero-order valence-corrected chi connectivity index (χ0v) is 15.9. The lowest BCUT2D eigenvalue weighted by Crippen LogP contribution is -2.57. The summed E-state index contributed by atoms with van der Waals surface area (Å²) in [6.45, 7) is 0.941. The number of likely N-dealkylation sites (tertiary alicyclic amines) is 2. The van der Waals surface area contributed by atoms with Gasteiger partial charge in [0.15, 0.2) is 0 Å². The van der Waals surface area contributed by atoms with Gasteiger partial charge in [0.2, 0.25) is 11.8 Å². The van der Waals surface area contributed by atoms with Crippen molar-refractivity contribution in [1.82, 2.24) is 9.80 Å². The summed E-state index contributed by atoms with van der Waals surface area (Å²) in [5.41, 5.74) is 7.38. The number of amides is 2. The Morgan fingerprint density at radius 2 is 2.03 bits per heavy atom. The molecule has 1 aliphatic carbocycles. The SMILES string of the molecule is N#Cc1ccccc1N1C(=O)[C@@H]2C[C@H]1CN2C[C@H](N)C(=O)N1[C@H](C#N)CC2C[C@@H]21. The van der Waals surface area contributed by atoms with Crippen LogP contribution in [0, 0.1) is 28.6 Å². The second-order valence-electron chi connectivity index (χ2n) is 8.49. The van der Waals surface area contributed by atoms with Crippen molar-refractivity contribution in [2.75, 3.05) is 18.0 Å². The van der Waals surface area contributed by atoms with Crippen molar-refractivity contribution in [1.29, 1.82) is 10.5 Å². The Kier molecular flexibility index (Phi) is 4.09. The van der Waals surface area contributed by atoms with E-state index >= 15 is 0 Å². The molecule has 4 fully saturated rings. The molecule has 1 aromatic carbocycles. The number of hydrogen-bond donors (Lipinski definition) is 1. The Morgan fingerprint density at radius 1 is 1.24 bits per heavy atom. The summed E-state index contributed by atoms with van der Waals surface area (Å²) in [5, 5.41) is 18.7. The monoisotopic (exact) mass is 390 g/mol. The normalized spacial score (nSPS) is 33.3. The predicted molar refractivity (Wildman–Crippen MR) is 103 cm³/mol. The van der Waals surface area contributed by atoms with E-state index in [1.165, 1.54) is 0 Å². The van der Waals surface area contributed by atoms with Gasteiger partial charge in [-0.3, -0.25) is 14.5 Å². The number of nitrogens with two attached hydrogens (primary N) is 1. The van der Waals surface area contributed by atoms with Crippen molar-refractivity contribution < 1.29 is 9.59 Å². The van der Waals surface area contributed by atoms with Gasteiger partial charge < -0.3 is 15.5 Å². The summed E-state index contributed by atoms with van der Waals surface area (Å²) in [4.78, 5) is 31.3. The van der Waals surface area contributed by atoms with E-state index in [2.05, 4.69) is 12.1 Å². The molecule has 3 aliphatic heterocycles. The quantitative estimate of drug-likeness (QED) is 0.784. The van der Waals surface area contributed by atoms with Crippen LogP contribution in [0.3, 0.4) is 0 Å². The highest BCUT2D eigenvalue weighted by molar-refractivity contribution is 6.02. The largest absolute Gasteiger partial charge is 0.322 e. The number of nitrogens with zero attached hydrogens (tertiary/aromatic N) is 5. The third-order valence-electron chi connectivity index (χ3n) is 6.81. The maximum Gasteiger partial charge on any atom is 0.244 e. The van der Waals surface area contributed by atoms with E-state index in [1.54, 1.807) is 28.0 Å². The van der Waals surface area contributed by atoms with E-state index in [9.17, 15) is 20.1 Å². The number of piperazine rings is 1. The molecule has 8 heteroatoms.